The average Bonchev–Trinajstić information content (AvgIpc) is 3.21. The monoisotopic (exact) mass is 541 g/mol. The summed E-state index contributed by atoms with van der Waals surface area (Å²) in [5.41, 5.74) is 0.0711. The highest BCUT2D eigenvalue weighted by Gasteiger charge is 2.67. The summed E-state index contributed by atoms with van der Waals surface area (Å²) in [6.45, 7) is 9.74. The van der Waals surface area contributed by atoms with Crippen molar-refractivity contribution in [3.05, 3.63) is 34.4 Å². The maximum absolute atomic E-state index is 12.7. The molecule has 1 saturated heterocycles. The van der Waals surface area contributed by atoms with Crippen LogP contribution in [0.15, 0.2) is 27.6 Å². The number of hydrogen-bond acceptors (Lipinski definition) is 6. The van der Waals surface area contributed by atoms with Crippen LogP contribution in [0, 0.1) is 28.6 Å². The molecule has 8 heteroatoms. The third-order valence-corrected chi connectivity index (χ3v) is 12.1. The Bertz CT molecular complexity index is 1080. The Kier molecular flexibility index (Phi) is 7.34. The lowest BCUT2D eigenvalue weighted by molar-refractivity contribution is -0.201. The average molecular weight is 542 g/mol. The predicted octanol–water partition coefficient (Wildman–Crippen LogP) is 3.88. The Morgan fingerprint density at radius 1 is 1.05 bits per heavy atom. The SMILES string of the molecule is CC12CC[C@H](NC(=O)NCCN3CCOCC3)C[C@H]1CC[C@@H]1[C@@H]2CCC2(C)[C@@H](c3ccc(=O)oc3)CC[C@]12O. The minimum Gasteiger partial charge on any atom is -0.431 e. The number of hydrogen-bond donors (Lipinski definition) is 3. The fourth-order valence-corrected chi connectivity index (χ4v) is 9.85. The van der Waals surface area contributed by atoms with Gasteiger partial charge in [-0.05, 0) is 98.5 Å². The predicted molar refractivity (Wildman–Crippen MR) is 148 cm³/mol. The number of aliphatic hydroxyl groups is 1. The van der Waals surface area contributed by atoms with Crippen LogP contribution in [-0.4, -0.2) is 67.1 Å². The molecular formula is C31H47N3O5. The molecule has 0 aromatic carbocycles. The Morgan fingerprint density at radius 2 is 1.87 bits per heavy atom. The number of rotatable bonds is 5. The smallest absolute Gasteiger partial charge is 0.335 e. The number of nitrogens with one attached hydrogen (secondary N) is 2. The van der Waals surface area contributed by atoms with E-state index in [9.17, 15) is 14.7 Å². The standard InChI is InChI=1S/C31H47N3O5/c1-29-10-7-23(33-28(36)32-13-14-34-15-17-38-18-16-34)19-22(29)4-5-26-25(29)8-11-30(2)24(9-12-31(26,30)37)21-3-6-27(35)39-20-21/h3,6,20,22-26,37H,4-5,7-19H2,1-2H3,(H2,32,33,36)/t22-,23+,24-,25+,26-,29?,30?,31+/m1/s1. The first-order valence-electron chi connectivity index (χ1n) is 15.4. The highest BCUT2D eigenvalue weighted by Crippen LogP contribution is 2.70. The van der Waals surface area contributed by atoms with Gasteiger partial charge in [0, 0.05) is 43.7 Å². The number of urea groups is 1. The third kappa shape index (κ3) is 4.74. The van der Waals surface area contributed by atoms with Crippen LogP contribution in [0.3, 0.4) is 0 Å². The molecule has 0 radical (unpaired) electrons. The van der Waals surface area contributed by atoms with E-state index >= 15 is 0 Å². The number of morpholine rings is 1. The molecule has 1 aromatic rings. The molecule has 4 saturated carbocycles. The van der Waals surface area contributed by atoms with E-state index in [0.29, 0.717) is 24.3 Å². The quantitative estimate of drug-likeness (QED) is 0.523. The van der Waals surface area contributed by atoms with Crippen molar-refractivity contribution < 1.29 is 19.1 Å². The maximum atomic E-state index is 12.7. The van der Waals surface area contributed by atoms with Gasteiger partial charge in [0.2, 0.25) is 0 Å². The molecule has 4 aliphatic carbocycles. The summed E-state index contributed by atoms with van der Waals surface area (Å²) in [5, 5.41) is 18.8. The first-order chi connectivity index (χ1) is 18.7. The van der Waals surface area contributed by atoms with Crippen molar-refractivity contribution in [1.29, 1.82) is 0 Å². The summed E-state index contributed by atoms with van der Waals surface area (Å²) < 4.78 is 10.6. The van der Waals surface area contributed by atoms with Crippen LogP contribution < -0.4 is 16.3 Å². The van der Waals surface area contributed by atoms with Crippen molar-refractivity contribution in [3.8, 4) is 0 Å². The van der Waals surface area contributed by atoms with Crippen LogP contribution in [0.5, 0.6) is 0 Å². The maximum Gasteiger partial charge on any atom is 0.335 e. The molecule has 5 aliphatic rings. The zero-order valence-electron chi connectivity index (χ0n) is 23.8. The van der Waals surface area contributed by atoms with Gasteiger partial charge < -0.3 is 24.9 Å². The number of amides is 2. The summed E-state index contributed by atoms with van der Waals surface area (Å²) in [4.78, 5) is 26.6. The topological polar surface area (TPSA) is 104 Å². The Labute approximate surface area is 232 Å². The zero-order valence-corrected chi connectivity index (χ0v) is 23.8. The number of ether oxygens (including phenoxy) is 1. The van der Waals surface area contributed by atoms with E-state index in [1.807, 2.05) is 6.07 Å². The van der Waals surface area contributed by atoms with E-state index in [-0.39, 0.29) is 34.4 Å². The highest BCUT2D eigenvalue weighted by atomic mass is 16.5. The van der Waals surface area contributed by atoms with Gasteiger partial charge >= 0.3 is 11.7 Å². The van der Waals surface area contributed by atoms with E-state index in [4.69, 9.17) is 9.15 Å². The van der Waals surface area contributed by atoms with E-state index in [0.717, 1.165) is 96.2 Å². The van der Waals surface area contributed by atoms with Gasteiger partial charge in [-0.3, -0.25) is 4.90 Å². The number of fused-ring (bicyclic) bond motifs is 5. The lowest BCUT2D eigenvalue weighted by atomic mass is 9.43. The van der Waals surface area contributed by atoms with Crippen LogP contribution in [0.4, 0.5) is 4.79 Å². The minimum absolute atomic E-state index is 0.0398. The molecule has 216 valence electrons. The number of carbonyl (C=O) groups is 1. The molecule has 2 heterocycles. The fraction of sp³-hybridized carbons (Fsp3) is 0.806. The molecule has 3 N–H and O–H groups in total. The van der Waals surface area contributed by atoms with Crippen LogP contribution in [0.2, 0.25) is 0 Å². The minimum atomic E-state index is -0.680. The fourth-order valence-electron chi connectivity index (χ4n) is 9.85. The molecule has 6 rings (SSSR count). The molecule has 0 bridgehead atoms. The highest BCUT2D eigenvalue weighted by molar-refractivity contribution is 5.74. The van der Waals surface area contributed by atoms with Crippen molar-refractivity contribution in [2.45, 2.75) is 89.2 Å². The van der Waals surface area contributed by atoms with Gasteiger partial charge in [-0.2, -0.15) is 0 Å². The van der Waals surface area contributed by atoms with Crippen molar-refractivity contribution in [2.75, 3.05) is 39.4 Å². The van der Waals surface area contributed by atoms with E-state index in [2.05, 4.69) is 29.4 Å². The summed E-state index contributed by atoms with van der Waals surface area (Å²) in [6.07, 6.45) is 10.9. The molecule has 1 aromatic heterocycles. The van der Waals surface area contributed by atoms with E-state index in [1.54, 1.807) is 6.26 Å². The van der Waals surface area contributed by atoms with Crippen LogP contribution in [0.1, 0.15) is 83.1 Å². The van der Waals surface area contributed by atoms with Crippen LogP contribution >= 0.6 is 0 Å². The molecule has 0 spiro atoms. The van der Waals surface area contributed by atoms with Crippen LogP contribution in [0.25, 0.3) is 0 Å². The van der Waals surface area contributed by atoms with Gasteiger partial charge in [-0.25, -0.2) is 9.59 Å². The summed E-state index contributed by atoms with van der Waals surface area (Å²) in [7, 11) is 0. The zero-order chi connectivity index (χ0) is 27.3. The van der Waals surface area contributed by atoms with Crippen molar-refractivity contribution in [1.82, 2.24) is 15.5 Å². The molecule has 8 nitrogen and oxygen atoms in total. The summed E-state index contributed by atoms with van der Waals surface area (Å²) in [5.74, 6) is 1.64. The summed E-state index contributed by atoms with van der Waals surface area (Å²) in [6, 6.07) is 3.61. The normalized spacial score (nSPS) is 42.2. The molecule has 2 amide bonds. The molecule has 1 aliphatic heterocycles. The molecule has 5 fully saturated rings. The Balaban J connectivity index is 1.07. The second-order valence-electron chi connectivity index (χ2n) is 13.7. The first kappa shape index (κ1) is 27.3. The van der Waals surface area contributed by atoms with Crippen LogP contribution in [-0.2, 0) is 4.74 Å². The summed E-state index contributed by atoms with van der Waals surface area (Å²) >= 11 is 0. The molecule has 2 unspecified atom stereocenters. The van der Waals surface area contributed by atoms with Gasteiger partial charge in [0.15, 0.2) is 0 Å². The van der Waals surface area contributed by atoms with Crippen molar-refractivity contribution in [3.63, 3.8) is 0 Å². The Morgan fingerprint density at radius 3 is 2.64 bits per heavy atom. The van der Waals surface area contributed by atoms with Gasteiger partial charge in [0.1, 0.15) is 0 Å². The van der Waals surface area contributed by atoms with E-state index < -0.39 is 5.60 Å². The van der Waals surface area contributed by atoms with Gasteiger partial charge in [0.25, 0.3) is 0 Å². The van der Waals surface area contributed by atoms with Gasteiger partial charge in [-0.1, -0.05) is 13.8 Å². The number of carbonyl (C=O) groups excluding carboxylic acids is 1. The first-order valence-corrected chi connectivity index (χ1v) is 15.4. The Hall–Kier alpha value is -1.90. The lowest BCUT2D eigenvalue weighted by Crippen LogP contribution is -2.62. The van der Waals surface area contributed by atoms with Gasteiger partial charge in [-0.15, -0.1) is 0 Å². The van der Waals surface area contributed by atoms with Gasteiger partial charge in [0.05, 0.1) is 25.1 Å². The lowest BCUT2D eigenvalue weighted by Gasteiger charge is -2.63. The van der Waals surface area contributed by atoms with Crippen molar-refractivity contribution >= 4 is 6.03 Å². The third-order valence-electron chi connectivity index (χ3n) is 12.1. The number of nitrogens with zero attached hydrogens (tertiary/aromatic N) is 1. The van der Waals surface area contributed by atoms with Crippen molar-refractivity contribution in [2.24, 2.45) is 28.6 Å². The second kappa shape index (κ2) is 10.5. The molecule has 8 atom stereocenters. The molecular weight excluding hydrogens is 494 g/mol. The second-order valence-corrected chi connectivity index (χ2v) is 13.7. The largest absolute Gasteiger partial charge is 0.431 e. The van der Waals surface area contributed by atoms with E-state index in [1.165, 1.54) is 6.07 Å². The molecule has 39 heavy (non-hydrogen) atoms.